The van der Waals surface area contributed by atoms with Crippen molar-refractivity contribution in [1.82, 2.24) is 4.98 Å². The fourth-order valence-corrected chi connectivity index (χ4v) is 1.02. The molecule has 0 saturated heterocycles. The molecule has 0 unspecified atom stereocenters. The fourth-order valence-electron chi connectivity index (χ4n) is 1.02. The molecule has 0 radical (unpaired) electrons. The minimum absolute atomic E-state index is 0.0689. The van der Waals surface area contributed by atoms with Crippen LogP contribution in [0.25, 0.3) is 0 Å². The third kappa shape index (κ3) is 3.65. The Morgan fingerprint density at radius 2 is 2.25 bits per heavy atom. The Morgan fingerprint density at radius 3 is 2.81 bits per heavy atom. The Labute approximate surface area is 94.0 Å². The quantitative estimate of drug-likeness (QED) is 0.559. The van der Waals surface area contributed by atoms with Gasteiger partial charge in [-0.3, -0.25) is 9.78 Å². The fraction of sp³-hybridized carbons (Fsp3) is 0.250. The molecule has 16 heavy (non-hydrogen) atoms. The first-order valence-electron chi connectivity index (χ1n) is 4.87. The maximum atomic E-state index is 11.4. The number of ether oxygens (including phenoxy) is 1. The second-order valence-electron chi connectivity index (χ2n) is 3.33. The molecular weight excluding hydrogens is 206 g/mol. The molecule has 1 rings (SSSR count). The smallest absolute Gasteiger partial charge is 0.339 e. The first-order valence-corrected chi connectivity index (χ1v) is 4.87. The zero-order chi connectivity index (χ0) is 12.0. The molecule has 1 heterocycles. The highest BCUT2D eigenvalue weighted by molar-refractivity contribution is 5.94. The summed E-state index contributed by atoms with van der Waals surface area (Å²) in [6.07, 6.45) is 3.16. The molecule has 84 valence electrons. The maximum absolute atomic E-state index is 11.4. The molecule has 4 heteroatoms. The second kappa shape index (κ2) is 5.80. The largest absolute Gasteiger partial charge is 0.462 e. The number of carbonyl (C=O) groups excluding carboxylic acids is 2. The van der Waals surface area contributed by atoms with Crippen molar-refractivity contribution >= 4 is 11.8 Å². The normalized spacial score (nSPS) is 9.56. The molecule has 0 spiro atoms. The summed E-state index contributed by atoms with van der Waals surface area (Å²) in [6.45, 7) is 5.21. The molecule has 0 aliphatic rings. The first-order chi connectivity index (χ1) is 7.61. The lowest BCUT2D eigenvalue weighted by atomic mass is 10.2. The van der Waals surface area contributed by atoms with Crippen molar-refractivity contribution in [3.05, 3.63) is 42.2 Å². The number of rotatable bonds is 5. The van der Waals surface area contributed by atoms with E-state index in [1.807, 2.05) is 0 Å². The summed E-state index contributed by atoms with van der Waals surface area (Å²) in [6, 6.07) is 3.26. The molecule has 0 aliphatic heterocycles. The number of ketones is 1. The van der Waals surface area contributed by atoms with Crippen LogP contribution < -0.4 is 0 Å². The standard InChI is InChI=1S/C12H13NO3/c1-9(2)11(14)5-7-16-12(15)10-4-3-6-13-8-10/h3-4,6,8H,1,5,7H2,2H3. The zero-order valence-corrected chi connectivity index (χ0v) is 9.10. The average molecular weight is 219 g/mol. The lowest BCUT2D eigenvalue weighted by Gasteiger charge is -2.03. The predicted molar refractivity (Wildman–Crippen MR) is 59.0 cm³/mol. The van der Waals surface area contributed by atoms with Crippen LogP contribution >= 0.6 is 0 Å². The lowest BCUT2D eigenvalue weighted by molar-refractivity contribution is -0.116. The van der Waals surface area contributed by atoms with Crippen LogP contribution in [0.3, 0.4) is 0 Å². The molecule has 0 amide bonds. The van der Waals surface area contributed by atoms with E-state index in [1.54, 1.807) is 25.3 Å². The third-order valence-electron chi connectivity index (χ3n) is 1.94. The van der Waals surface area contributed by atoms with E-state index in [1.165, 1.54) is 6.20 Å². The molecule has 0 aromatic carbocycles. The predicted octanol–water partition coefficient (Wildman–Crippen LogP) is 1.77. The van der Waals surface area contributed by atoms with Crippen LogP contribution in [0.5, 0.6) is 0 Å². The van der Waals surface area contributed by atoms with Crippen LogP contribution in [-0.2, 0) is 9.53 Å². The average Bonchev–Trinajstić information content (AvgIpc) is 2.29. The summed E-state index contributed by atoms with van der Waals surface area (Å²) in [5.41, 5.74) is 0.850. The summed E-state index contributed by atoms with van der Waals surface area (Å²) in [4.78, 5) is 26.4. The van der Waals surface area contributed by atoms with Gasteiger partial charge in [0.1, 0.15) is 0 Å². The van der Waals surface area contributed by atoms with Gasteiger partial charge < -0.3 is 4.74 Å². The third-order valence-corrected chi connectivity index (χ3v) is 1.94. The molecule has 0 saturated carbocycles. The van der Waals surface area contributed by atoms with E-state index in [4.69, 9.17) is 4.74 Å². The van der Waals surface area contributed by atoms with Crippen LogP contribution in [0.2, 0.25) is 0 Å². The molecule has 4 nitrogen and oxygen atoms in total. The minimum atomic E-state index is -0.470. The summed E-state index contributed by atoms with van der Waals surface area (Å²) < 4.78 is 4.91. The van der Waals surface area contributed by atoms with E-state index >= 15 is 0 Å². The van der Waals surface area contributed by atoms with Crippen LogP contribution in [0.1, 0.15) is 23.7 Å². The van der Waals surface area contributed by atoms with Crippen LogP contribution in [0.4, 0.5) is 0 Å². The van der Waals surface area contributed by atoms with Gasteiger partial charge in [-0.05, 0) is 24.6 Å². The highest BCUT2D eigenvalue weighted by Crippen LogP contribution is 2.01. The van der Waals surface area contributed by atoms with Gasteiger partial charge in [0, 0.05) is 18.8 Å². The van der Waals surface area contributed by atoms with E-state index in [0.29, 0.717) is 11.1 Å². The zero-order valence-electron chi connectivity index (χ0n) is 9.10. The molecule has 1 aromatic rings. The van der Waals surface area contributed by atoms with Crippen LogP contribution in [-0.4, -0.2) is 23.3 Å². The van der Waals surface area contributed by atoms with E-state index in [2.05, 4.69) is 11.6 Å². The van der Waals surface area contributed by atoms with Crippen LogP contribution in [0.15, 0.2) is 36.7 Å². The Bertz CT molecular complexity index is 398. The van der Waals surface area contributed by atoms with Gasteiger partial charge in [0.05, 0.1) is 12.2 Å². The molecule has 0 N–H and O–H groups in total. The summed E-state index contributed by atoms with van der Waals surface area (Å²) in [5, 5.41) is 0. The number of carbonyl (C=O) groups is 2. The number of allylic oxidation sites excluding steroid dienone is 1. The Morgan fingerprint density at radius 1 is 1.50 bits per heavy atom. The van der Waals surface area contributed by atoms with Gasteiger partial charge in [0.15, 0.2) is 5.78 Å². The molecule has 0 bridgehead atoms. The van der Waals surface area contributed by atoms with Crippen LogP contribution in [0, 0.1) is 0 Å². The minimum Gasteiger partial charge on any atom is -0.462 e. The van der Waals surface area contributed by atoms with Crippen molar-refractivity contribution in [2.24, 2.45) is 0 Å². The van der Waals surface area contributed by atoms with Gasteiger partial charge in [-0.1, -0.05) is 6.58 Å². The Hall–Kier alpha value is -1.97. The molecule has 1 aromatic heterocycles. The molecule has 0 atom stereocenters. The maximum Gasteiger partial charge on any atom is 0.339 e. The highest BCUT2D eigenvalue weighted by Gasteiger charge is 2.08. The van der Waals surface area contributed by atoms with Crippen molar-refractivity contribution in [3.63, 3.8) is 0 Å². The number of pyridine rings is 1. The van der Waals surface area contributed by atoms with Gasteiger partial charge in [-0.25, -0.2) is 4.79 Å². The number of esters is 1. The first kappa shape index (κ1) is 12.1. The van der Waals surface area contributed by atoms with E-state index in [0.717, 1.165) is 0 Å². The van der Waals surface area contributed by atoms with E-state index < -0.39 is 5.97 Å². The van der Waals surface area contributed by atoms with E-state index in [9.17, 15) is 9.59 Å². The number of hydrogen-bond acceptors (Lipinski definition) is 4. The van der Waals surface area contributed by atoms with Crippen molar-refractivity contribution in [2.75, 3.05) is 6.61 Å². The summed E-state index contributed by atoms with van der Waals surface area (Å²) in [7, 11) is 0. The molecular formula is C12H13NO3. The summed E-state index contributed by atoms with van der Waals surface area (Å²) >= 11 is 0. The number of aromatic nitrogens is 1. The number of nitrogens with zero attached hydrogens (tertiary/aromatic N) is 1. The van der Waals surface area contributed by atoms with Crippen molar-refractivity contribution in [3.8, 4) is 0 Å². The Kier molecular flexibility index (Phi) is 4.39. The van der Waals surface area contributed by atoms with Gasteiger partial charge in [-0.15, -0.1) is 0 Å². The number of hydrogen-bond donors (Lipinski definition) is 0. The van der Waals surface area contributed by atoms with E-state index in [-0.39, 0.29) is 18.8 Å². The molecule has 0 aliphatic carbocycles. The lowest BCUT2D eigenvalue weighted by Crippen LogP contribution is -2.10. The highest BCUT2D eigenvalue weighted by atomic mass is 16.5. The Balaban J connectivity index is 2.37. The van der Waals surface area contributed by atoms with Gasteiger partial charge in [0.2, 0.25) is 0 Å². The van der Waals surface area contributed by atoms with Gasteiger partial charge in [-0.2, -0.15) is 0 Å². The number of Topliss-reactive ketones (excluding diaryl/α,β-unsaturated/α-hetero) is 1. The van der Waals surface area contributed by atoms with Crippen molar-refractivity contribution in [2.45, 2.75) is 13.3 Å². The second-order valence-corrected chi connectivity index (χ2v) is 3.33. The van der Waals surface area contributed by atoms with Crippen molar-refractivity contribution in [1.29, 1.82) is 0 Å². The molecule has 0 fully saturated rings. The van der Waals surface area contributed by atoms with Gasteiger partial charge >= 0.3 is 5.97 Å². The van der Waals surface area contributed by atoms with Crippen molar-refractivity contribution < 1.29 is 14.3 Å². The SMILES string of the molecule is C=C(C)C(=O)CCOC(=O)c1cccnc1. The summed E-state index contributed by atoms with van der Waals surface area (Å²) in [5.74, 6) is -0.568. The van der Waals surface area contributed by atoms with Gasteiger partial charge in [0.25, 0.3) is 0 Å². The monoisotopic (exact) mass is 219 g/mol. The topological polar surface area (TPSA) is 56.3 Å².